The van der Waals surface area contributed by atoms with Crippen LogP contribution in [-0.2, 0) is 14.6 Å². The molecule has 6 rings (SSSR count). The molecule has 1 saturated heterocycles. The lowest BCUT2D eigenvalue weighted by Gasteiger charge is -2.26. The zero-order valence-corrected chi connectivity index (χ0v) is 24.9. The normalized spacial score (nSPS) is 17.5. The second-order valence-corrected chi connectivity index (χ2v) is 13.4. The van der Waals surface area contributed by atoms with Gasteiger partial charge in [-0.25, -0.2) is 18.1 Å². The van der Waals surface area contributed by atoms with Crippen LogP contribution in [0, 0.1) is 13.8 Å². The second-order valence-electron chi connectivity index (χ2n) is 11.6. The number of aromatic amines is 1. The largest absolute Gasteiger partial charge is 0.370 e. The third kappa shape index (κ3) is 5.52. The molecule has 0 spiro atoms. The number of aromatic nitrogens is 4. The lowest BCUT2D eigenvalue weighted by molar-refractivity contribution is -0.123. The summed E-state index contributed by atoms with van der Waals surface area (Å²) in [4.78, 5) is 34.4. The molecule has 4 aromatic rings. The second kappa shape index (κ2) is 11.5. The molecular formula is C30H37N7O4S. The van der Waals surface area contributed by atoms with Crippen LogP contribution in [0.3, 0.4) is 0 Å². The smallest absolute Gasteiger partial charge is 0.281 e. The van der Waals surface area contributed by atoms with E-state index in [4.69, 9.17) is 0 Å². The Balaban J connectivity index is 1.25. The summed E-state index contributed by atoms with van der Waals surface area (Å²) >= 11 is 0. The minimum Gasteiger partial charge on any atom is -0.370 e. The van der Waals surface area contributed by atoms with Crippen molar-refractivity contribution >= 4 is 38.0 Å². The van der Waals surface area contributed by atoms with E-state index in [1.165, 1.54) is 23.8 Å². The molecule has 1 aliphatic heterocycles. The first-order valence-electron chi connectivity index (χ1n) is 14.7. The number of anilines is 1. The van der Waals surface area contributed by atoms with Crippen molar-refractivity contribution in [2.75, 3.05) is 37.6 Å². The zero-order valence-electron chi connectivity index (χ0n) is 24.1. The van der Waals surface area contributed by atoms with E-state index < -0.39 is 15.4 Å². The van der Waals surface area contributed by atoms with Gasteiger partial charge in [0.25, 0.3) is 5.56 Å². The van der Waals surface area contributed by atoms with Gasteiger partial charge < -0.3 is 10.2 Å². The van der Waals surface area contributed by atoms with E-state index in [9.17, 15) is 18.0 Å². The number of aryl methyl sites for hydroxylation is 2. The number of rotatable bonds is 6. The molecule has 2 N–H and O–H groups in total. The first-order valence-corrected chi connectivity index (χ1v) is 16.2. The van der Waals surface area contributed by atoms with Crippen LogP contribution >= 0.6 is 0 Å². The number of nitrogens with one attached hydrogen (secondary N) is 2. The number of benzene rings is 2. The zero-order chi connectivity index (χ0) is 29.4. The van der Waals surface area contributed by atoms with E-state index in [1.54, 1.807) is 31.2 Å². The predicted molar refractivity (Wildman–Crippen MR) is 161 cm³/mol. The predicted octanol–water partition coefficient (Wildman–Crippen LogP) is 2.98. The molecule has 1 aliphatic carbocycles. The molecular weight excluding hydrogens is 554 g/mol. The number of hydrogen-bond donors (Lipinski definition) is 2. The number of hydrogen-bond acceptors (Lipinski definition) is 8. The fourth-order valence-electron chi connectivity index (χ4n) is 6.29. The van der Waals surface area contributed by atoms with Crippen LogP contribution in [0.15, 0.2) is 51.1 Å². The highest BCUT2D eigenvalue weighted by Crippen LogP contribution is 2.28. The van der Waals surface area contributed by atoms with Gasteiger partial charge in [0.15, 0.2) is 5.65 Å². The first kappa shape index (κ1) is 28.4. The molecule has 2 aromatic heterocycles. The first-order chi connectivity index (χ1) is 20.2. The molecule has 11 nitrogen and oxygen atoms in total. The van der Waals surface area contributed by atoms with Gasteiger partial charge in [0.1, 0.15) is 0 Å². The van der Waals surface area contributed by atoms with Gasteiger partial charge in [-0.05, 0) is 62.9 Å². The highest BCUT2D eigenvalue weighted by molar-refractivity contribution is 7.91. The van der Waals surface area contributed by atoms with Crippen LogP contribution in [0.2, 0.25) is 0 Å². The van der Waals surface area contributed by atoms with E-state index in [1.807, 2.05) is 19.1 Å². The van der Waals surface area contributed by atoms with Crippen LogP contribution in [0.5, 0.6) is 0 Å². The fourth-order valence-corrected chi connectivity index (χ4v) is 7.77. The summed E-state index contributed by atoms with van der Waals surface area (Å²) in [6.45, 7) is 7.12. The van der Waals surface area contributed by atoms with E-state index in [-0.39, 0.29) is 21.5 Å². The van der Waals surface area contributed by atoms with E-state index >= 15 is 0 Å². The van der Waals surface area contributed by atoms with Crippen molar-refractivity contribution in [3.8, 4) is 0 Å². The highest BCUT2D eigenvalue weighted by atomic mass is 32.2. The molecule has 12 heteroatoms. The van der Waals surface area contributed by atoms with E-state index in [0.29, 0.717) is 29.1 Å². The van der Waals surface area contributed by atoms with Crippen molar-refractivity contribution in [2.45, 2.75) is 68.3 Å². The summed E-state index contributed by atoms with van der Waals surface area (Å²) < 4.78 is 28.6. The quantitative estimate of drug-likeness (QED) is 0.350. The number of H-pyrrole nitrogens is 1. The Hall–Kier alpha value is -3.77. The third-order valence-corrected chi connectivity index (χ3v) is 10.3. The van der Waals surface area contributed by atoms with Crippen molar-refractivity contribution in [2.24, 2.45) is 0 Å². The fraction of sp³-hybridized carbons (Fsp3) is 0.467. The molecule has 2 fully saturated rings. The SMILES string of the molecule is Cc1ccc(S(=O)(=O)c2n[nH]n3c2nc(=O)c2ccc(N4CCCN(CC(=O)NC5CCCCC5)CC4)cc23)c(C)c1. The maximum Gasteiger partial charge on any atom is 0.281 e. The lowest BCUT2D eigenvalue weighted by Crippen LogP contribution is -2.43. The van der Waals surface area contributed by atoms with Gasteiger partial charge in [0.05, 0.1) is 22.3 Å². The molecule has 1 saturated carbocycles. The summed E-state index contributed by atoms with van der Waals surface area (Å²) in [5.74, 6) is 0.0983. The van der Waals surface area contributed by atoms with Crippen LogP contribution in [0.25, 0.3) is 16.6 Å². The van der Waals surface area contributed by atoms with Crippen LogP contribution < -0.4 is 15.8 Å². The summed E-state index contributed by atoms with van der Waals surface area (Å²) in [7, 11) is -4.03. The number of nitrogens with zero attached hydrogens (tertiary/aromatic N) is 5. The Morgan fingerprint density at radius 1 is 1.00 bits per heavy atom. The molecule has 0 unspecified atom stereocenters. The number of sulfone groups is 1. The highest BCUT2D eigenvalue weighted by Gasteiger charge is 2.28. The van der Waals surface area contributed by atoms with Gasteiger partial charge in [0.2, 0.25) is 20.8 Å². The number of amides is 1. The molecule has 3 heterocycles. The van der Waals surface area contributed by atoms with Crippen molar-refractivity contribution in [3.05, 3.63) is 57.9 Å². The average molecular weight is 592 g/mol. The van der Waals surface area contributed by atoms with Gasteiger partial charge in [-0.3, -0.25) is 14.5 Å². The summed E-state index contributed by atoms with van der Waals surface area (Å²) in [5, 5.41) is 10.2. The van der Waals surface area contributed by atoms with Gasteiger partial charge in [-0.15, -0.1) is 5.10 Å². The molecule has 0 bridgehead atoms. The number of fused-ring (bicyclic) bond motifs is 3. The third-order valence-electron chi connectivity index (χ3n) is 8.48. The molecule has 0 radical (unpaired) electrons. The van der Waals surface area contributed by atoms with Crippen molar-refractivity contribution in [1.29, 1.82) is 0 Å². The minimum atomic E-state index is -4.03. The Morgan fingerprint density at radius 2 is 1.81 bits per heavy atom. The van der Waals surface area contributed by atoms with Crippen molar-refractivity contribution < 1.29 is 13.2 Å². The summed E-state index contributed by atoms with van der Waals surface area (Å²) in [6.07, 6.45) is 6.67. The maximum absolute atomic E-state index is 13.6. The van der Waals surface area contributed by atoms with E-state index in [0.717, 1.165) is 56.7 Å². The van der Waals surface area contributed by atoms with Crippen molar-refractivity contribution in [3.63, 3.8) is 0 Å². The van der Waals surface area contributed by atoms with Crippen molar-refractivity contribution in [1.82, 2.24) is 30.0 Å². The summed E-state index contributed by atoms with van der Waals surface area (Å²) in [5.41, 5.74) is 2.42. The van der Waals surface area contributed by atoms with Crippen LogP contribution in [0.1, 0.15) is 49.7 Å². The molecule has 1 amide bonds. The lowest BCUT2D eigenvalue weighted by atomic mass is 9.95. The van der Waals surface area contributed by atoms with Crippen LogP contribution in [-0.4, -0.2) is 77.8 Å². The van der Waals surface area contributed by atoms with Crippen LogP contribution in [0.4, 0.5) is 5.69 Å². The molecule has 42 heavy (non-hydrogen) atoms. The minimum absolute atomic E-state index is 0.0318. The maximum atomic E-state index is 13.6. The molecule has 0 atom stereocenters. The number of carbonyl (C=O) groups is 1. The monoisotopic (exact) mass is 591 g/mol. The Kier molecular flexibility index (Phi) is 7.75. The van der Waals surface area contributed by atoms with Gasteiger partial charge in [-0.1, -0.05) is 37.0 Å². The molecule has 2 aromatic carbocycles. The molecule has 2 aliphatic rings. The van der Waals surface area contributed by atoms with Gasteiger partial charge in [0, 0.05) is 37.9 Å². The topological polar surface area (TPSA) is 133 Å². The Bertz CT molecular complexity index is 1810. The van der Waals surface area contributed by atoms with E-state index in [2.05, 4.69) is 30.4 Å². The average Bonchev–Trinajstić information content (AvgIpc) is 3.26. The Labute approximate surface area is 244 Å². The molecule has 222 valence electrons. The number of carbonyl (C=O) groups excluding carboxylic acids is 1. The van der Waals surface area contributed by atoms with Gasteiger partial charge >= 0.3 is 0 Å². The van der Waals surface area contributed by atoms with Gasteiger partial charge in [-0.2, -0.15) is 4.98 Å². The Morgan fingerprint density at radius 3 is 2.60 bits per heavy atom. The standard InChI is InChI=1S/C30H37N7O4S/c1-20-9-12-26(21(2)17-20)42(40,41)30-28-32-29(39)24-11-10-23(18-25(24)37(28)34-33-30)36-14-6-13-35(15-16-36)19-27(38)31-22-7-4-3-5-8-22/h9-12,17-18,22,34H,3-8,13-16,19H2,1-2H3,(H,31,38). The summed E-state index contributed by atoms with van der Waals surface area (Å²) in [6, 6.07) is 10.9.